The van der Waals surface area contributed by atoms with Crippen molar-refractivity contribution in [1.82, 2.24) is 4.98 Å². The normalized spacial score (nSPS) is 9.93. The lowest BCUT2D eigenvalue weighted by Crippen LogP contribution is -2.16. The standard InChI is InChI=1S/C17H13IN4O5/c1-2-26-12-4-8(3-11(18)15(12)27-7-13(23)24)14-9(5-19)16(21)22-17(25)10(14)6-20/h3-4H,2,7H2,1H3,(H,23,24)(H3,21,22,25). The fraction of sp³-hybridized carbons (Fsp3) is 0.176. The third-order valence-electron chi connectivity index (χ3n) is 3.41. The molecule has 9 nitrogen and oxygen atoms in total. The van der Waals surface area contributed by atoms with Crippen molar-refractivity contribution in [3.8, 4) is 34.8 Å². The van der Waals surface area contributed by atoms with Crippen molar-refractivity contribution in [2.75, 3.05) is 18.9 Å². The van der Waals surface area contributed by atoms with Crippen molar-refractivity contribution < 1.29 is 19.4 Å². The van der Waals surface area contributed by atoms with Gasteiger partial charge in [0.2, 0.25) is 0 Å². The second-order valence-corrected chi connectivity index (χ2v) is 6.28. The van der Waals surface area contributed by atoms with Crippen LogP contribution in [-0.2, 0) is 4.79 Å². The molecule has 138 valence electrons. The van der Waals surface area contributed by atoms with Gasteiger partial charge in [-0.15, -0.1) is 0 Å². The van der Waals surface area contributed by atoms with Crippen LogP contribution in [0.5, 0.6) is 11.5 Å². The summed E-state index contributed by atoms with van der Waals surface area (Å²) in [5.74, 6) is -0.889. The number of pyridine rings is 1. The minimum absolute atomic E-state index is 0.0522. The highest BCUT2D eigenvalue weighted by molar-refractivity contribution is 14.1. The molecule has 0 spiro atoms. The number of benzene rings is 1. The minimum atomic E-state index is -1.15. The highest BCUT2D eigenvalue weighted by Crippen LogP contribution is 2.39. The largest absolute Gasteiger partial charge is 0.490 e. The number of carbonyl (C=O) groups is 1. The van der Waals surface area contributed by atoms with E-state index in [1.54, 1.807) is 19.1 Å². The summed E-state index contributed by atoms with van der Waals surface area (Å²) in [7, 11) is 0. The lowest BCUT2D eigenvalue weighted by molar-refractivity contribution is -0.139. The number of carboxylic acids is 1. The number of anilines is 1. The molecule has 1 heterocycles. The molecule has 0 unspecified atom stereocenters. The lowest BCUT2D eigenvalue weighted by atomic mass is 9.96. The first-order valence-electron chi connectivity index (χ1n) is 7.51. The number of halogens is 1. The van der Waals surface area contributed by atoms with E-state index < -0.39 is 18.1 Å². The Kier molecular flexibility index (Phi) is 6.26. The van der Waals surface area contributed by atoms with E-state index in [0.717, 1.165) is 0 Å². The third kappa shape index (κ3) is 4.12. The van der Waals surface area contributed by atoms with E-state index in [1.165, 1.54) is 6.07 Å². The number of aromatic amines is 1. The van der Waals surface area contributed by atoms with Crippen LogP contribution >= 0.6 is 22.6 Å². The highest BCUT2D eigenvalue weighted by Gasteiger charge is 2.21. The molecule has 0 aliphatic heterocycles. The van der Waals surface area contributed by atoms with E-state index in [0.29, 0.717) is 9.13 Å². The average Bonchev–Trinajstić information content (AvgIpc) is 2.60. The molecule has 4 N–H and O–H groups in total. The minimum Gasteiger partial charge on any atom is -0.490 e. The number of aromatic nitrogens is 1. The molecule has 0 fully saturated rings. The van der Waals surface area contributed by atoms with E-state index in [1.807, 2.05) is 28.7 Å². The maximum atomic E-state index is 12.1. The zero-order valence-corrected chi connectivity index (χ0v) is 16.2. The lowest BCUT2D eigenvalue weighted by Gasteiger charge is -2.16. The molecular formula is C17H13IN4O5. The molecule has 0 aliphatic carbocycles. The summed E-state index contributed by atoms with van der Waals surface area (Å²) in [4.78, 5) is 25.1. The van der Waals surface area contributed by atoms with Crippen LogP contribution in [0.4, 0.5) is 5.82 Å². The van der Waals surface area contributed by atoms with Crippen LogP contribution in [0.15, 0.2) is 16.9 Å². The first-order valence-corrected chi connectivity index (χ1v) is 8.59. The van der Waals surface area contributed by atoms with Crippen LogP contribution in [0.25, 0.3) is 11.1 Å². The van der Waals surface area contributed by atoms with Crippen LogP contribution < -0.4 is 20.8 Å². The van der Waals surface area contributed by atoms with E-state index in [4.69, 9.17) is 20.3 Å². The van der Waals surface area contributed by atoms with Crippen LogP contribution in [-0.4, -0.2) is 29.3 Å². The number of nitriles is 2. The first kappa shape index (κ1) is 20.1. The van der Waals surface area contributed by atoms with E-state index in [2.05, 4.69) is 4.98 Å². The van der Waals surface area contributed by atoms with Gasteiger partial charge < -0.3 is 25.3 Å². The van der Waals surface area contributed by atoms with Gasteiger partial charge in [-0.2, -0.15) is 10.5 Å². The fourth-order valence-corrected chi connectivity index (χ4v) is 3.14. The molecule has 2 rings (SSSR count). The number of nitrogen functional groups attached to an aromatic ring is 1. The first-order chi connectivity index (χ1) is 12.8. The SMILES string of the molecule is CCOc1cc(-c2c(C#N)c(N)[nH]c(=O)c2C#N)cc(I)c1OCC(=O)O. The monoisotopic (exact) mass is 480 g/mol. The topological polar surface area (TPSA) is 162 Å². The molecular weight excluding hydrogens is 467 g/mol. The molecule has 0 saturated heterocycles. The van der Waals surface area contributed by atoms with Crippen LogP contribution in [0.3, 0.4) is 0 Å². The summed E-state index contributed by atoms with van der Waals surface area (Å²) in [6, 6.07) is 6.70. The smallest absolute Gasteiger partial charge is 0.341 e. The maximum absolute atomic E-state index is 12.1. The second-order valence-electron chi connectivity index (χ2n) is 5.12. The number of nitrogens with one attached hydrogen (secondary N) is 1. The molecule has 0 amide bonds. The second kappa shape index (κ2) is 8.42. The van der Waals surface area contributed by atoms with Crippen molar-refractivity contribution in [3.05, 3.63) is 37.2 Å². The summed E-state index contributed by atoms with van der Waals surface area (Å²) < 4.78 is 11.3. The highest BCUT2D eigenvalue weighted by atomic mass is 127. The summed E-state index contributed by atoms with van der Waals surface area (Å²) >= 11 is 1.91. The number of ether oxygens (including phenoxy) is 2. The summed E-state index contributed by atoms with van der Waals surface area (Å²) in [5, 5.41) is 27.6. The predicted octanol–water partition coefficient (Wildman–Crippen LogP) is 1.83. The van der Waals surface area contributed by atoms with Crippen molar-refractivity contribution >= 4 is 34.4 Å². The van der Waals surface area contributed by atoms with Crippen molar-refractivity contribution in [2.24, 2.45) is 0 Å². The van der Waals surface area contributed by atoms with Gasteiger partial charge in [0, 0.05) is 5.56 Å². The Labute approximate surface area is 167 Å². The number of rotatable bonds is 6. The summed E-state index contributed by atoms with van der Waals surface area (Å²) in [6.07, 6.45) is 0. The molecule has 27 heavy (non-hydrogen) atoms. The van der Waals surface area contributed by atoms with E-state index in [-0.39, 0.29) is 40.6 Å². The number of nitrogens with two attached hydrogens (primary N) is 1. The van der Waals surface area contributed by atoms with Crippen molar-refractivity contribution in [1.29, 1.82) is 10.5 Å². The number of hydrogen-bond acceptors (Lipinski definition) is 7. The van der Waals surface area contributed by atoms with Crippen molar-refractivity contribution in [2.45, 2.75) is 6.92 Å². The van der Waals surface area contributed by atoms with Crippen LogP contribution in [0.2, 0.25) is 0 Å². The van der Waals surface area contributed by atoms with Gasteiger partial charge in [-0.05, 0) is 47.2 Å². The molecule has 1 aromatic heterocycles. The van der Waals surface area contributed by atoms with E-state index >= 15 is 0 Å². The van der Waals surface area contributed by atoms with Gasteiger partial charge in [0.15, 0.2) is 18.1 Å². The zero-order valence-electron chi connectivity index (χ0n) is 14.0. The van der Waals surface area contributed by atoms with Crippen LogP contribution in [0, 0.1) is 26.2 Å². The van der Waals surface area contributed by atoms with Gasteiger partial charge in [0.25, 0.3) is 5.56 Å². The molecule has 10 heteroatoms. The Morgan fingerprint density at radius 3 is 2.52 bits per heavy atom. The fourth-order valence-electron chi connectivity index (χ4n) is 2.38. The maximum Gasteiger partial charge on any atom is 0.341 e. The number of nitrogens with zero attached hydrogens (tertiary/aromatic N) is 2. The van der Waals surface area contributed by atoms with Gasteiger partial charge in [0.1, 0.15) is 29.1 Å². The summed E-state index contributed by atoms with van der Waals surface area (Å²) in [5.41, 5.74) is 5.11. The molecule has 0 atom stereocenters. The molecule has 2 aromatic rings. The Balaban J connectivity index is 2.78. The molecule has 0 radical (unpaired) electrons. The molecule has 0 saturated carbocycles. The Morgan fingerprint density at radius 1 is 1.30 bits per heavy atom. The number of carboxylic acid groups (broad SMARTS) is 1. The molecule has 0 bridgehead atoms. The van der Waals surface area contributed by atoms with Gasteiger partial charge in [-0.1, -0.05) is 0 Å². The third-order valence-corrected chi connectivity index (χ3v) is 4.21. The predicted molar refractivity (Wildman–Crippen MR) is 103 cm³/mol. The van der Waals surface area contributed by atoms with Crippen LogP contribution in [0.1, 0.15) is 18.1 Å². The number of aliphatic carboxylic acids is 1. The average molecular weight is 480 g/mol. The van der Waals surface area contributed by atoms with Gasteiger partial charge in [-0.3, -0.25) is 4.79 Å². The number of hydrogen-bond donors (Lipinski definition) is 3. The quantitative estimate of drug-likeness (QED) is 0.528. The zero-order chi connectivity index (χ0) is 20.1. The number of H-pyrrole nitrogens is 1. The molecule has 1 aromatic carbocycles. The Bertz CT molecular complexity index is 1050. The van der Waals surface area contributed by atoms with E-state index in [9.17, 15) is 20.1 Å². The van der Waals surface area contributed by atoms with Gasteiger partial charge >= 0.3 is 5.97 Å². The molecule has 0 aliphatic rings. The Hall–Kier alpha value is -3.25. The van der Waals surface area contributed by atoms with Gasteiger partial charge in [-0.25, -0.2) is 4.79 Å². The summed E-state index contributed by atoms with van der Waals surface area (Å²) in [6.45, 7) is 1.42. The van der Waals surface area contributed by atoms with Crippen molar-refractivity contribution in [3.63, 3.8) is 0 Å². The van der Waals surface area contributed by atoms with Gasteiger partial charge in [0.05, 0.1) is 10.2 Å². The Morgan fingerprint density at radius 2 is 1.96 bits per heavy atom.